The Hall–Kier alpha value is -1.07. The largest absolute Gasteiger partial charge is 0.483 e. The standard InChI is InChI=1S/C11H14BrNO3/c1-7(14)9-5-8(12)3-4-10(9)16-6-11(15)13-2/h3-5,7,14H,6H2,1-2H3,(H,13,15). The van der Waals surface area contributed by atoms with Crippen molar-refractivity contribution < 1.29 is 14.6 Å². The van der Waals surface area contributed by atoms with Gasteiger partial charge >= 0.3 is 0 Å². The average Bonchev–Trinajstić information content (AvgIpc) is 2.26. The first-order valence-corrected chi connectivity index (χ1v) is 5.64. The topological polar surface area (TPSA) is 58.6 Å². The first-order valence-electron chi connectivity index (χ1n) is 4.85. The van der Waals surface area contributed by atoms with E-state index in [1.807, 2.05) is 0 Å². The number of carbonyl (C=O) groups is 1. The lowest BCUT2D eigenvalue weighted by Gasteiger charge is -2.13. The van der Waals surface area contributed by atoms with Gasteiger partial charge in [0.15, 0.2) is 6.61 Å². The number of rotatable bonds is 4. The second-order valence-corrected chi connectivity index (χ2v) is 4.24. The van der Waals surface area contributed by atoms with Gasteiger partial charge in [-0.3, -0.25) is 4.79 Å². The monoisotopic (exact) mass is 287 g/mol. The summed E-state index contributed by atoms with van der Waals surface area (Å²) in [4.78, 5) is 11.0. The second-order valence-electron chi connectivity index (χ2n) is 3.32. The van der Waals surface area contributed by atoms with E-state index in [4.69, 9.17) is 4.74 Å². The summed E-state index contributed by atoms with van der Waals surface area (Å²) in [6.45, 7) is 1.59. The van der Waals surface area contributed by atoms with Crippen LogP contribution in [-0.2, 0) is 4.79 Å². The van der Waals surface area contributed by atoms with Crippen molar-refractivity contribution in [2.75, 3.05) is 13.7 Å². The number of hydrogen-bond acceptors (Lipinski definition) is 3. The molecule has 2 N–H and O–H groups in total. The normalized spacial score (nSPS) is 12.0. The van der Waals surface area contributed by atoms with Crippen LogP contribution in [0.5, 0.6) is 5.75 Å². The van der Waals surface area contributed by atoms with Gasteiger partial charge in [0.1, 0.15) is 5.75 Å². The molecule has 0 aromatic heterocycles. The summed E-state index contributed by atoms with van der Waals surface area (Å²) >= 11 is 3.31. The van der Waals surface area contributed by atoms with Crippen molar-refractivity contribution >= 4 is 21.8 Å². The smallest absolute Gasteiger partial charge is 0.257 e. The zero-order chi connectivity index (χ0) is 12.1. The highest BCUT2D eigenvalue weighted by Crippen LogP contribution is 2.28. The third kappa shape index (κ3) is 3.50. The van der Waals surface area contributed by atoms with Gasteiger partial charge in [-0.2, -0.15) is 0 Å². The van der Waals surface area contributed by atoms with Gasteiger partial charge in [0, 0.05) is 17.1 Å². The molecule has 0 saturated heterocycles. The van der Waals surface area contributed by atoms with Gasteiger partial charge in [-0.25, -0.2) is 0 Å². The number of hydrogen-bond donors (Lipinski definition) is 2. The molecule has 0 fully saturated rings. The minimum Gasteiger partial charge on any atom is -0.483 e. The molecule has 0 bridgehead atoms. The molecule has 0 saturated carbocycles. The first-order chi connectivity index (χ1) is 7.54. The lowest BCUT2D eigenvalue weighted by Crippen LogP contribution is -2.25. The summed E-state index contributed by atoms with van der Waals surface area (Å²) in [5, 5.41) is 12.0. The van der Waals surface area contributed by atoms with Gasteiger partial charge < -0.3 is 15.2 Å². The van der Waals surface area contributed by atoms with Crippen molar-refractivity contribution in [1.29, 1.82) is 0 Å². The van der Waals surface area contributed by atoms with Gasteiger partial charge in [0.25, 0.3) is 5.91 Å². The fraction of sp³-hybridized carbons (Fsp3) is 0.364. The van der Waals surface area contributed by atoms with E-state index in [0.717, 1.165) is 4.47 Å². The molecular weight excluding hydrogens is 274 g/mol. The Morgan fingerprint density at radius 1 is 1.62 bits per heavy atom. The van der Waals surface area contributed by atoms with Crippen LogP contribution in [0, 0.1) is 0 Å². The van der Waals surface area contributed by atoms with Crippen LogP contribution in [0.2, 0.25) is 0 Å². The summed E-state index contributed by atoms with van der Waals surface area (Å²) < 4.78 is 6.17. The van der Waals surface area contributed by atoms with E-state index in [0.29, 0.717) is 11.3 Å². The molecule has 5 heteroatoms. The van der Waals surface area contributed by atoms with E-state index in [9.17, 15) is 9.90 Å². The van der Waals surface area contributed by atoms with Crippen molar-refractivity contribution in [3.8, 4) is 5.75 Å². The minimum absolute atomic E-state index is 0.0577. The first kappa shape index (κ1) is 13.0. The third-order valence-electron chi connectivity index (χ3n) is 2.06. The molecular formula is C11H14BrNO3. The van der Waals surface area contributed by atoms with Crippen LogP contribution in [0.15, 0.2) is 22.7 Å². The molecule has 1 atom stereocenters. The number of halogens is 1. The van der Waals surface area contributed by atoms with Crippen molar-refractivity contribution in [1.82, 2.24) is 5.32 Å². The van der Waals surface area contributed by atoms with Crippen LogP contribution in [-0.4, -0.2) is 24.7 Å². The van der Waals surface area contributed by atoms with Crippen LogP contribution < -0.4 is 10.1 Å². The van der Waals surface area contributed by atoms with Gasteiger partial charge in [0.2, 0.25) is 0 Å². The zero-order valence-corrected chi connectivity index (χ0v) is 10.7. The molecule has 0 aliphatic heterocycles. The van der Waals surface area contributed by atoms with Gasteiger partial charge in [-0.1, -0.05) is 15.9 Å². The predicted molar refractivity (Wildman–Crippen MR) is 64.3 cm³/mol. The SMILES string of the molecule is CNC(=O)COc1ccc(Br)cc1C(C)O. The predicted octanol–water partition coefficient (Wildman–Crippen LogP) is 1.63. The second kappa shape index (κ2) is 5.86. The fourth-order valence-electron chi connectivity index (χ4n) is 1.19. The number of benzene rings is 1. The fourth-order valence-corrected chi connectivity index (χ4v) is 1.57. The van der Waals surface area contributed by atoms with E-state index in [-0.39, 0.29) is 12.5 Å². The van der Waals surface area contributed by atoms with Gasteiger partial charge in [0.05, 0.1) is 6.10 Å². The molecule has 1 aromatic carbocycles. The van der Waals surface area contributed by atoms with E-state index in [1.54, 1.807) is 32.2 Å². The Kier molecular flexibility index (Phi) is 4.76. The summed E-state index contributed by atoms with van der Waals surface area (Å²) in [5.41, 5.74) is 0.651. The van der Waals surface area contributed by atoms with Crippen LogP contribution in [0.1, 0.15) is 18.6 Å². The van der Waals surface area contributed by atoms with Crippen LogP contribution >= 0.6 is 15.9 Å². The summed E-state index contributed by atoms with van der Waals surface area (Å²) in [5.74, 6) is 0.307. The maximum Gasteiger partial charge on any atom is 0.257 e. The van der Waals surface area contributed by atoms with E-state index < -0.39 is 6.10 Å². The molecule has 1 rings (SSSR count). The van der Waals surface area contributed by atoms with Gasteiger partial charge in [-0.05, 0) is 25.1 Å². The Bertz CT molecular complexity index is 379. The lowest BCUT2D eigenvalue weighted by atomic mass is 10.1. The van der Waals surface area contributed by atoms with E-state index in [2.05, 4.69) is 21.2 Å². The molecule has 88 valence electrons. The highest BCUT2D eigenvalue weighted by atomic mass is 79.9. The molecule has 4 nitrogen and oxygen atoms in total. The summed E-state index contributed by atoms with van der Waals surface area (Å²) in [6.07, 6.45) is -0.641. The molecule has 16 heavy (non-hydrogen) atoms. The Labute approximate surface area is 103 Å². The Morgan fingerprint density at radius 2 is 2.31 bits per heavy atom. The van der Waals surface area contributed by atoms with E-state index in [1.165, 1.54) is 0 Å². The Balaban J connectivity index is 2.82. The number of amides is 1. The number of likely N-dealkylation sites (N-methyl/N-ethyl adjacent to an activating group) is 1. The van der Waals surface area contributed by atoms with Crippen LogP contribution in [0.25, 0.3) is 0 Å². The number of aliphatic hydroxyl groups is 1. The van der Waals surface area contributed by atoms with Crippen LogP contribution in [0.3, 0.4) is 0 Å². The highest BCUT2D eigenvalue weighted by Gasteiger charge is 2.10. The summed E-state index contributed by atoms with van der Waals surface area (Å²) in [7, 11) is 1.54. The minimum atomic E-state index is -0.641. The molecule has 0 heterocycles. The summed E-state index contributed by atoms with van der Waals surface area (Å²) in [6, 6.07) is 5.28. The number of nitrogens with one attached hydrogen (secondary N) is 1. The third-order valence-corrected chi connectivity index (χ3v) is 2.55. The van der Waals surface area contributed by atoms with Crippen LogP contribution in [0.4, 0.5) is 0 Å². The molecule has 0 aliphatic rings. The molecule has 0 aliphatic carbocycles. The van der Waals surface area contributed by atoms with Crippen molar-refractivity contribution in [3.05, 3.63) is 28.2 Å². The molecule has 1 aromatic rings. The van der Waals surface area contributed by atoms with Crippen molar-refractivity contribution in [3.63, 3.8) is 0 Å². The maximum absolute atomic E-state index is 11.0. The molecule has 0 spiro atoms. The number of ether oxygens (including phenoxy) is 1. The molecule has 1 unspecified atom stereocenters. The van der Waals surface area contributed by atoms with E-state index >= 15 is 0 Å². The lowest BCUT2D eigenvalue weighted by molar-refractivity contribution is -0.122. The Morgan fingerprint density at radius 3 is 2.88 bits per heavy atom. The van der Waals surface area contributed by atoms with Gasteiger partial charge in [-0.15, -0.1) is 0 Å². The zero-order valence-electron chi connectivity index (χ0n) is 9.16. The maximum atomic E-state index is 11.0. The quantitative estimate of drug-likeness (QED) is 0.885. The number of aliphatic hydroxyl groups excluding tert-OH is 1. The molecule has 0 radical (unpaired) electrons. The molecule has 1 amide bonds. The van der Waals surface area contributed by atoms with Crippen molar-refractivity contribution in [2.45, 2.75) is 13.0 Å². The average molecular weight is 288 g/mol. The highest BCUT2D eigenvalue weighted by molar-refractivity contribution is 9.10. The van der Waals surface area contributed by atoms with Crippen molar-refractivity contribution in [2.24, 2.45) is 0 Å². The number of carbonyl (C=O) groups excluding carboxylic acids is 1.